The third-order valence-corrected chi connectivity index (χ3v) is 4.69. The third kappa shape index (κ3) is 4.43. The first-order chi connectivity index (χ1) is 11.7. The van der Waals surface area contributed by atoms with Crippen LogP contribution in [0.1, 0.15) is 39.0 Å². The second kappa shape index (κ2) is 8.08. The van der Waals surface area contributed by atoms with Gasteiger partial charge in [-0.2, -0.15) is 10.1 Å². The lowest BCUT2D eigenvalue weighted by atomic mass is 9.97. The molecule has 1 fully saturated rings. The molecule has 2 aliphatic rings. The smallest absolute Gasteiger partial charge is 0.247 e. The van der Waals surface area contributed by atoms with Crippen molar-refractivity contribution in [2.24, 2.45) is 0 Å². The minimum Gasteiger partial charge on any atom is -0.368 e. The van der Waals surface area contributed by atoms with E-state index in [1.54, 1.807) is 18.7 Å². The van der Waals surface area contributed by atoms with Gasteiger partial charge < -0.3 is 15.1 Å². The topological polar surface area (TPSA) is 74.2 Å². The first-order valence-electron chi connectivity index (χ1n) is 8.84. The number of hydrogen-bond acceptors (Lipinski definition) is 6. The summed E-state index contributed by atoms with van der Waals surface area (Å²) in [6.07, 6.45) is 10.2. The van der Waals surface area contributed by atoms with Crippen molar-refractivity contribution in [1.29, 1.82) is 0 Å². The highest BCUT2D eigenvalue weighted by Gasteiger charge is 2.20. The minimum atomic E-state index is 0.126. The highest BCUT2D eigenvalue weighted by molar-refractivity contribution is 5.73. The van der Waals surface area contributed by atoms with E-state index in [-0.39, 0.29) is 5.91 Å². The Balaban J connectivity index is 1.51. The molecule has 7 nitrogen and oxygen atoms in total. The number of nitrogens with zero attached hydrogens (tertiary/aromatic N) is 5. The van der Waals surface area contributed by atoms with Gasteiger partial charge in [-0.3, -0.25) is 4.79 Å². The zero-order valence-corrected chi connectivity index (χ0v) is 14.4. The van der Waals surface area contributed by atoms with Crippen LogP contribution in [0.15, 0.2) is 17.8 Å². The van der Waals surface area contributed by atoms with Crippen LogP contribution in [0, 0.1) is 0 Å². The third-order valence-electron chi connectivity index (χ3n) is 4.69. The second-order valence-corrected chi connectivity index (χ2v) is 6.42. The Bertz CT molecular complexity index is 594. The van der Waals surface area contributed by atoms with Crippen LogP contribution < -0.4 is 10.2 Å². The Morgan fingerprint density at radius 1 is 1.25 bits per heavy atom. The molecule has 1 aliphatic carbocycles. The maximum Gasteiger partial charge on any atom is 0.247 e. The van der Waals surface area contributed by atoms with Crippen molar-refractivity contribution in [3.63, 3.8) is 0 Å². The van der Waals surface area contributed by atoms with E-state index in [1.165, 1.54) is 25.7 Å². The number of carbonyl (C=O) groups excluding carboxylic acids is 1. The molecule has 0 unspecified atom stereocenters. The van der Waals surface area contributed by atoms with E-state index in [1.807, 2.05) is 4.90 Å². The molecule has 1 saturated heterocycles. The number of carbonyl (C=O) groups is 1. The summed E-state index contributed by atoms with van der Waals surface area (Å²) in [5.74, 6) is 1.53. The molecule has 3 rings (SSSR count). The van der Waals surface area contributed by atoms with Crippen LogP contribution >= 0.6 is 0 Å². The summed E-state index contributed by atoms with van der Waals surface area (Å²) < 4.78 is 0. The average Bonchev–Trinajstić information content (AvgIpc) is 2.63. The lowest BCUT2D eigenvalue weighted by molar-refractivity contribution is -0.129. The molecule has 1 amide bonds. The van der Waals surface area contributed by atoms with E-state index in [4.69, 9.17) is 0 Å². The predicted molar refractivity (Wildman–Crippen MR) is 94.0 cm³/mol. The lowest BCUT2D eigenvalue weighted by Gasteiger charge is -2.33. The van der Waals surface area contributed by atoms with Crippen LogP contribution in [0.5, 0.6) is 0 Å². The van der Waals surface area contributed by atoms with Crippen LogP contribution in [0.3, 0.4) is 0 Å². The van der Waals surface area contributed by atoms with Crippen molar-refractivity contribution >= 4 is 17.7 Å². The van der Waals surface area contributed by atoms with Crippen LogP contribution in [0.4, 0.5) is 11.8 Å². The Hall–Kier alpha value is -2.18. The fourth-order valence-electron chi connectivity index (χ4n) is 3.22. The monoisotopic (exact) mass is 330 g/mol. The summed E-state index contributed by atoms with van der Waals surface area (Å²) in [5.41, 5.74) is 1.55. The van der Waals surface area contributed by atoms with E-state index >= 15 is 0 Å². The molecular formula is C17H26N6O. The maximum absolute atomic E-state index is 11.4. The number of nitrogens with one attached hydrogen (secondary N) is 1. The Morgan fingerprint density at radius 3 is 2.79 bits per heavy atom. The maximum atomic E-state index is 11.4. The molecule has 0 bridgehead atoms. The Morgan fingerprint density at radius 2 is 2.08 bits per heavy atom. The molecule has 7 heteroatoms. The van der Waals surface area contributed by atoms with Gasteiger partial charge in [0.05, 0.1) is 6.20 Å². The Kier molecular flexibility index (Phi) is 5.61. The van der Waals surface area contributed by atoms with Gasteiger partial charge in [0.2, 0.25) is 11.9 Å². The number of amides is 1. The predicted octanol–water partition coefficient (Wildman–Crippen LogP) is 1.84. The molecule has 2 heterocycles. The average molecular weight is 330 g/mol. The van der Waals surface area contributed by atoms with Gasteiger partial charge in [0.25, 0.3) is 0 Å². The number of allylic oxidation sites excluding steroid dienone is 1. The standard InChI is InChI=1S/C17H26N6O/c1-14(24)22-9-11-23(12-10-22)17-20-16(13-19-21-17)18-8-7-15-5-3-2-4-6-15/h5,13H,2-4,6-12H2,1H3,(H,18,20,21). The van der Waals surface area contributed by atoms with E-state index in [0.717, 1.165) is 31.9 Å². The number of piperazine rings is 1. The summed E-state index contributed by atoms with van der Waals surface area (Å²) in [4.78, 5) is 19.9. The lowest BCUT2D eigenvalue weighted by Crippen LogP contribution is -2.48. The van der Waals surface area contributed by atoms with Crippen LogP contribution in [0.25, 0.3) is 0 Å². The molecule has 1 aromatic heterocycles. The summed E-state index contributed by atoms with van der Waals surface area (Å²) in [5, 5.41) is 11.6. The first kappa shape index (κ1) is 16.7. The highest BCUT2D eigenvalue weighted by Crippen LogP contribution is 2.20. The molecule has 1 aliphatic heterocycles. The first-order valence-corrected chi connectivity index (χ1v) is 8.84. The van der Waals surface area contributed by atoms with Gasteiger partial charge in [-0.1, -0.05) is 11.6 Å². The molecule has 24 heavy (non-hydrogen) atoms. The van der Waals surface area contributed by atoms with Crippen LogP contribution in [-0.4, -0.2) is 58.7 Å². The van der Waals surface area contributed by atoms with Crippen molar-refractivity contribution in [1.82, 2.24) is 20.1 Å². The van der Waals surface area contributed by atoms with Gasteiger partial charge in [0, 0.05) is 39.6 Å². The molecule has 1 aromatic rings. The number of rotatable bonds is 5. The fraction of sp³-hybridized carbons (Fsp3) is 0.647. The molecule has 0 aromatic carbocycles. The fourth-order valence-corrected chi connectivity index (χ4v) is 3.22. The molecular weight excluding hydrogens is 304 g/mol. The zero-order valence-electron chi connectivity index (χ0n) is 14.4. The highest BCUT2D eigenvalue weighted by atomic mass is 16.2. The van der Waals surface area contributed by atoms with Gasteiger partial charge in [-0.05, 0) is 32.1 Å². The second-order valence-electron chi connectivity index (χ2n) is 6.42. The number of aromatic nitrogens is 3. The summed E-state index contributed by atoms with van der Waals surface area (Å²) >= 11 is 0. The number of anilines is 2. The van der Waals surface area contributed by atoms with Crippen molar-refractivity contribution in [3.05, 3.63) is 17.8 Å². The summed E-state index contributed by atoms with van der Waals surface area (Å²) in [6, 6.07) is 0. The summed E-state index contributed by atoms with van der Waals surface area (Å²) in [7, 11) is 0. The van der Waals surface area contributed by atoms with Crippen LogP contribution in [-0.2, 0) is 4.79 Å². The molecule has 130 valence electrons. The normalized spacial score (nSPS) is 18.3. The molecule has 0 atom stereocenters. The van der Waals surface area contributed by atoms with Gasteiger partial charge in [-0.25, -0.2) is 0 Å². The quantitative estimate of drug-likeness (QED) is 0.831. The number of hydrogen-bond donors (Lipinski definition) is 1. The van der Waals surface area contributed by atoms with Gasteiger partial charge in [-0.15, -0.1) is 5.10 Å². The zero-order chi connectivity index (χ0) is 16.8. The summed E-state index contributed by atoms with van der Waals surface area (Å²) in [6.45, 7) is 5.41. The molecule has 0 radical (unpaired) electrons. The molecule has 0 spiro atoms. The van der Waals surface area contributed by atoms with Gasteiger partial charge in [0.1, 0.15) is 0 Å². The minimum absolute atomic E-state index is 0.126. The van der Waals surface area contributed by atoms with E-state index in [2.05, 4.69) is 31.5 Å². The van der Waals surface area contributed by atoms with Crippen molar-refractivity contribution in [2.75, 3.05) is 42.9 Å². The largest absolute Gasteiger partial charge is 0.368 e. The van der Waals surface area contributed by atoms with E-state index < -0.39 is 0 Å². The van der Waals surface area contributed by atoms with Crippen molar-refractivity contribution in [2.45, 2.75) is 39.0 Å². The van der Waals surface area contributed by atoms with Crippen molar-refractivity contribution in [3.8, 4) is 0 Å². The van der Waals surface area contributed by atoms with Crippen molar-refractivity contribution < 1.29 is 4.79 Å². The van der Waals surface area contributed by atoms with E-state index in [9.17, 15) is 4.79 Å². The SMILES string of the molecule is CC(=O)N1CCN(c2nncc(NCCC3=CCCCC3)n2)CC1. The van der Waals surface area contributed by atoms with Crippen LogP contribution in [0.2, 0.25) is 0 Å². The van der Waals surface area contributed by atoms with E-state index in [0.29, 0.717) is 19.0 Å². The van der Waals surface area contributed by atoms with Gasteiger partial charge >= 0.3 is 0 Å². The molecule has 0 saturated carbocycles. The molecule has 1 N–H and O–H groups in total. The Labute approximate surface area is 143 Å². The van der Waals surface area contributed by atoms with Gasteiger partial charge in [0.15, 0.2) is 5.82 Å².